The first-order valence-electron chi connectivity index (χ1n) is 5.67. The lowest BCUT2D eigenvalue weighted by molar-refractivity contribution is 0.406. The third kappa shape index (κ3) is 3.11. The van der Waals surface area contributed by atoms with E-state index in [9.17, 15) is 0 Å². The van der Waals surface area contributed by atoms with Gasteiger partial charge in [0.1, 0.15) is 0 Å². The number of aliphatic imine (C=N–C) groups is 1. The summed E-state index contributed by atoms with van der Waals surface area (Å²) in [5, 5.41) is 4.72. The van der Waals surface area contributed by atoms with Gasteiger partial charge in [0.2, 0.25) is 0 Å². The van der Waals surface area contributed by atoms with Crippen LogP contribution in [0.25, 0.3) is 0 Å². The topological polar surface area (TPSA) is 27.6 Å². The average Bonchev–Trinajstić information content (AvgIpc) is 2.55. The van der Waals surface area contributed by atoms with E-state index in [1.54, 1.807) is 0 Å². The van der Waals surface area contributed by atoms with Crippen LogP contribution in [0.4, 0.5) is 0 Å². The molecule has 0 saturated carbocycles. The smallest absolute Gasteiger partial charge is 0.156 e. The number of hydrogen-bond acceptors (Lipinski definition) is 4. The van der Waals surface area contributed by atoms with E-state index in [1.807, 2.05) is 11.8 Å². The second-order valence-electron chi connectivity index (χ2n) is 5.47. The standard InChI is InChI=1S/C11H21N3S/c1-11(2)7-12-10(15-8-11)13-9-4-5-14(3)6-9/h9H,4-8H2,1-3H3,(H,12,13). The van der Waals surface area contributed by atoms with Crippen LogP contribution in [0.5, 0.6) is 0 Å². The Morgan fingerprint density at radius 2 is 2.33 bits per heavy atom. The molecule has 0 bridgehead atoms. The SMILES string of the molecule is CN1CCC(NC2=NCC(C)(C)CS2)C1. The number of nitrogens with one attached hydrogen (secondary N) is 1. The van der Waals surface area contributed by atoms with Crippen LogP contribution < -0.4 is 5.32 Å². The third-order valence-electron chi connectivity index (χ3n) is 2.97. The van der Waals surface area contributed by atoms with Gasteiger partial charge in [-0.25, -0.2) is 0 Å². The Bertz CT molecular complexity index is 263. The lowest BCUT2D eigenvalue weighted by Gasteiger charge is -2.28. The van der Waals surface area contributed by atoms with Gasteiger partial charge in [-0.15, -0.1) is 0 Å². The summed E-state index contributed by atoms with van der Waals surface area (Å²) < 4.78 is 0. The molecule has 0 aromatic rings. The quantitative estimate of drug-likeness (QED) is 0.734. The molecule has 3 nitrogen and oxygen atoms in total. The minimum Gasteiger partial charge on any atom is -0.361 e. The number of thioether (sulfide) groups is 1. The van der Waals surface area contributed by atoms with Crippen LogP contribution in [0.2, 0.25) is 0 Å². The lowest BCUT2D eigenvalue weighted by Crippen LogP contribution is -2.38. The van der Waals surface area contributed by atoms with Crippen molar-refractivity contribution in [3.05, 3.63) is 0 Å². The van der Waals surface area contributed by atoms with Gasteiger partial charge in [0, 0.05) is 24.9 Å². The highest BCUT2D eigenvalue weighted by molar-refractivity contribution is 8.13. The number of hydrogen-bond donors (Lipinski definition) is 1. The normalized spacial score (nSPS) is 31.4. The summed E-state index contributed by atoms with van der Waals surface area (Å²) in [7, 11) is 2.18. The summed E-state index contributed by atoms with van der Waals surface area (Å²) in [6.45, 7) is 7.89. The fourth-order valence-electron chi connectivity index (χ4n) is 1.96. The van der Waals surface area contributed by atoms with Gasteiger partial charge >= 0.3 is 0 Å². The van der Waals surface area contributed by atoms with Gasteiger partial charge in [0.25, 0.3) is 0 Å². The fourth-order valence-corrected chi connectivity index (χ4v) is 2.98. The molecule has 2 rings (SSSR count). The maximum atomic E-state index is 4.62. The largest absolute Gasteiger partial charge is 0.361 e. The second-order valence-corrected chi connectivity index (χ2v) is 6.43. The van der Waals surface area contributed by atoms with E-state index in [4.69, 9.17) is 0 Å². The van der Waals surface area contributed by atoms with Crippen LogP contribution in [0, 0.1) is 5.41 Å². The van der Waals surface area contributed by atoms with Crippen molar-refractivity contribution in [3.8, 4) is 0 Å². The highest BCUT2D eigenvalue weighted by atomic mass is 32.2. The molecule has 0 aromatic heterocycles. The molecule has 2 aliphatic heterocycles. The van der Waals surface area contributed by atoms with Crippen molar-refractivity contribution in [1.29, 1.82) is 0 Å². The zero-order chi connectivity index (χ0) is 10.9. The van der Waals surface area contributed by atoms with Gasteiger partial charge in [-0.05, 0) is 25.4 Å². The van der Waals surface area contributed by atoms with Crippen molar-refractivity contribution in [1.82, 2.24) is 10.2 Å². The second kappa shape index (κ2) is 4.34. The first kappa shape index (κ1) is 11.3. The molecule has 0 spiro atoms. The molecule has 0 amide bonds. The Morgan fingerprint density at radius 1 is 1.53 bits per heavy atom. The Hall–Kier alpha value is -0.220. The molecule has 86 valence electrons. The third-order valence-corrected chi connectivity index (χ3v) is 4.42. The Labute approximate surface area is 96.7 Å². The first-order valence-corrected chi connectivity index (χ1v) is 6.66. The predicted molar refractivity (Wildman–Crippen MR) is 67.6 cm³/mol. The van der Waals surface area contributed by atoms with Gasteiger partial charge in [-0.3, -0.25) is 4.99 Å². The van der Waals surface area contributed by atoms with Gasteiger partial charge in [-0.1, -0.05) is 25.6 Å². The van der Waals surface area contributed by atoms with E-state index in [-0.39, 0.29) is 0 Å². The van der Waals surface area contributed by atoms with Crippen molar-refractivity contribution in [2.24, 2.45) is 10.4 Å². The number of likely N-dealkylation sites (tertiary alicyclic amines) is 1. The molecule has 0 aromatic carbocycles. The van der Waals surface area contributed by atoms with E-state index in [2.05, 4.69) is 36.1 Å². The molecule has 0 aliphatic carbocycles. The minimum atomic E-state index is 0.377. The average molecular weight is 227 g/mol. The van der Waals surface area contributed by atoms with E-state index >= 15 is 0 Å². The van der Waals surface area contributed by atoms with Crippen molar-refractivity contribution < 1.29 is 0 Å². The molecule has 2 heterocycles. The summed E-state index contributed by atoms with van der Waals surface area (Å²) in [5.74, 6) is 1.18. The van der Waals surface area contributed by atoms with E-state index < -0.39 is 0 Å². The summed E-state index contributed by atoms with van der Waals surface area (Å²) >= 11 is 1.88. The van der Waals surface area contributed by atoms with Crippen LogP contribution in [0.15, 0.2) is 4.99 Å². The number of likely N-dealkylation sites (N-methyl/N-ethyl adjacent to an activating group) is 1. The molecule has 0 radical (unpaired) electrons. The van der Waals surface area contributed by atoms with Gasteiger partial charge in [0.05, 0.1) is 0 Å². The summed E-state index contributed by atoms with van der Waals surface area (Å²) in [5.41, 5.74) is 0.377. The molecule has 1 fully saturated rings. The van der Waals surface area contributed by atoms with E-state index in [0.29, 0.717) is 11.5 Å². The predicted octanol–water partition coefficient (Wildman–Crippen LogP) is 1.41. The Morgan fingerprint density at radius 3 is 2.87 bits per heavy atom. The van der Waals surface area contributed by atoms with Gasteiger partial charge in [0.15, 0.2) is 5.17 Å². The monoisotopic (exact) mass is 227 g/mol. The molecular weight excluding hydrogens is 206 g/mol. The van der Waals surface area contributed by atoms with Gasteiger partial charge in [-0.2, -0.15) is 0 Å². The van der Waals surface area contributed by atoms with Crippen LogP contribution >= 0.6 is 11.8 Å². The summed E-state index contributed by atoms with van der Waals surface area (Å²) in [6, 6.07) is 0.613. The van der Waals surface area contributed by atoms with E-state index in [0.717, 1.165) is 18.3 Å². The van der Waals surface area contributed by atoms with E-state index in [1.165, 1.54) is 18.7 Å². The van der Waals surface area contributed by atoms with Crippen LogP contribution in [-0.4, -0.2) is 48.5 Å². The lowest BCUT2D eigenvalue weighted by atomic mass is 9.97. The number of rotatable bonds is 1. The van der Waals surface area contributed by atoms with Crippen LogP contribution in [-0.2, 0) is 0 Å². The molecule has 15 heavy (non-hydrogen) atoms. The van der Waals surface area contributed by atoms with Crippen molar-refractivity contribution in [3.63, 3.8) is 0 Å². The van der Waals surface area contributed by atoms with Gasteiger partial charge < -0.3 is 10.2 Å². The van der Waals surface area contributed by atoms with Crippen molar-refractivity contribution in [2.75, 3.05) is 32.4 Å². The Balaban J connectivity index is 1.83. The molecule has 1 unspecified atom stereocenters. The highest BCUT2D eigenvalue weighted by Gasteiger charge is 2.26. The Kier molecular flexibility index (Phi) is 3.26. The van der Waals surface area contributed by atoms with Crippen molar-refractivity contribution >= 4 is 16.9 Å². The first-order chi connectivity index (χ1) is 7.05. The van der Waals surface area contributed by atoms with Crippen LogP contribution in [0.1, 0.15) is 20.3 Å². The maximum Gasteiger partial charge on any atom is 0.156 e. The molecule has 1 atom stereocenters. The summed E-state index contributed by atoms with van der Waals surface area (Å²) in [6.07, 6.45) is 1.25. The number of nitrogens with zero attached hydrogens (tertiary/aromatic N) is 2. The number of amidine groups is 1. The zero-order valence-electron chi connectivity index (χ0n) is 9.92. The maximum absolute atomic E-state index is 4.62. The fraction of sp³-hybridized carbons (Fsp3) is 0.909. The molecule has 2 aliphatic rings. The highest BCUT2D eigenvalue weighted by Crippen LogP contribution is 2.27. The molecule has 1 saturated heterocycles. The molecular formula is C11H21N3S. The molecule has 1 N–H and O–H groups in total. The summed E-state index contributed by atoms with van der Waals surface area (Å²) in [4.78, 5) is 6.99. The molecule has 4 heteroatoms. The van der Waals surface area contributed by atoms with Crippen LogP contribution in [0.3, 0.4) is 0 Å². The zero-order valence-corrected chi connectivity index (χ0v) is 10.7. The van der Waals surface area contributed by atoms with Crippen molar-refractivity contribution in [2.45, 2.75) is 26.3 Å². The minimum absolute atomic E-state index is 0.377.